The van der Waals surface area contributed by atoms with Crippen molar-refractivity contribution in [2.24, 2.45) is 0 Å². The summed E-state index contributed by atoms with van der Waals surface area (Å²) in [6, 6.07) is 14.0. The molecule has 0 aliphatic heterocycles. The summed E-state index contributed by atoms with van der Waals surface area (Å²) >= 11 is 3.24. The Kier molecular flexibility index (Phi) is 8.25. The van der Waals surface area contributed by atoms with Gasteiger partial charge in [-0.05, 0) is 55.5 Å². The van der Waals surface area contributed by atoms with Gasteiger partial charge in [0.15, 0.2) is 0 Å². The highest BCUT2D eigenvalue weighted by Crippen LogP contribution is 2.24. The van der Waals surface area contributed by atoms with Crippen molar-refractivity contribution in [3.05, 3.63) is 53.6 Å². The van der Waals surface area contributed by atoms with E-state index in [1.807, 2.05) is 30.5 Å². The number of nitrogens with zero attached hydrogens (tertiary/aromatic N) is 1. The standard InChI is InChI=1S/C21H26N2O2S2/c1-15-9-10-17(13-16(15)2)27-12-11-21(25)23(3)14-20(24)22-18-7-5-6-8-19(18)26-4/h5-10,13H,11-12,14H2,1-4H3,(H,22,24). The highest BCUT2D eigenvalue weighted by atomic mass is 32.2. The maximum Gasteiger partial charge on any atom is 0.244 e. The van der Waals surface area contributed by atoms with Gasteiger partial charge >= 0.3 is 0 Å². The lowest BCUT2D eigenvalue weighted by atomic mass is 10.1. The predicted molar refractivity (Wildman–Crippen MR) is 116 cm³/mol. The zero-order valence-corrected chi connectivity index (χ0v) is 17.9. The smallest absolute Gasteiger partial charge is 0.244 e. The third-order valence-corrected chi connectivity index (χ3v) is 6.04. The molecule has 0 radical (unpaired) electrons. The van der Waals surface area contributed by atoms with E-state index in [1.54, 1.807) is 30.6 Å². The zero-order valence-electron chi connectivity index (χ0n) is 16.2. The van der Waals surface area contributed by atoms with E-state index in [0.717, 1.165) is 10.6 Å². The van der Waals surface area contributed by atoms with Crippen LogP contribution in [0.2, 0.25) is 0 Å². The van der Waals surface area contributed by atoms with Gasteiger partial charge in [-0.1, -0.05) is 18.2 Å². The van der Waals surface area contributed by atoms with Crippen LogP contribution in [0.25, 0.3) is 0 Å². The summed E-state index contributed by atoms with van der Waals surface area (Å²) in [4.78, 5) is 28.2. The summed E-state index contributed by atoms with van der Waals surface area (Å²) in [5.41, 5.74) is 3.30. The lowest BCUT2D eigenvalue weighted by Crippen LogP contribution is -2.35. The van der Waals surface area contributed by atoms with Crippen LogP contribution in [-0.2, 0) is 9.59 Å². The monoisotopic (exact) mass is 402 g/mol. The lowest BCUT2D eigenvalue weighted by Gasteiger charge is -2.17. The molecule has 0 aromatic heterocycles. The van der Waals surface area contributed by atoms with Gasteiger partial charge in [0.25, 0.3) is 0 Å². The normalized spacial score (nSPS) is 10.5. The molecule has 2 amide bonds. The fourth-order valence-corrected chi connectivity index (χ4v) is 3.98. The Balaban J connectivity index is 1.79. The Bertz CT molecular complexity index is 809. The predicted octanol–water partition coefficient (Wildman–Crippen LogP) is 4.60. The van der Waals surface area contributed by atoms with Gasteiger partial charge < -0.3 is 10.2 Å². The van der Waals surface area contributed by atoms with Crippen molar-refractivity contribution in [2.75, 3.05) is 30.9 Å². The van der Waals surface area contributed by atoms with E-state index in [9.17, 15) is 9.59 Å². The molecule has 0 aliphatic rings. The molecule has 0 saturated carbocycles. The maximum absolute atomic E-state index is 12.3. The van der Waals surface area contributed by atoms with E-state index in [1.165, 1.54) is 20.9 Å². The number of benzene rings is 2. The first-order valence-electron chi connectivity index (χ1n) is 8.77. The Morgan fingerprint density at radius 3 is 2.52 bits per heavy atom. The molecule has 1 N–H and O–H groups in total. The molecule has 0 fully saturated rings. The van der Waals surface area contributed by atoms with Gasteiger partial charge in [0.2, 0.25) is 11.8 Å². The van der Waals surface area contributed by atoms with E-state index < -0.39 is 0 Å². The average molecular weight is 403 g/mol. The van der Waals surface area contributed by atoms with E-state index >= 15 is 0 Å². The van der Waals surface area contributed by atoms with Gasteiger partial charge in [0.05, 0.1) is 12.2 Å². The average Bonchev–Trinajstić information content (AvgIpc) is 2.64. The summed E-state index contributed by atoms with van der Waals surface area (Å²) in [6.07, 6.45) is 2.37. The molecule has 2 aromatic rings. The molecule has 0 atom stereocenters. The molecule has 6 heteroatoms. The van der Waals surface area contributed by atoms with Crippen LogP contribution in [0.1, 0.15) is 17.5 Å². The van der Waals surface area contributed by atoms with Gasteiger partial charge in [0.1, 0.15) is 0 Å². The van der Waals surface area contributed by atoms with Crippen LogP contribution in [0.5, 0.6) is 0 Å². The first-order valence-corrected chi connectivity index (χ1v) is 11.0. The van der Waals surface area contributed by atoms with Crippen molar-refractivity contribution in [2.45, 2.75) is 30.1 Å². The topological polar surface area (TPSA) is 49.4 Å². The van der Waals surface area contributed by atoms with Crippen LogP contribution >= 0.6 is 23.5 Å². The number of rotatable bonds is 8. The number of anilines is 1. The molecule has 0 unspecified atom stereocenters. The number of likely N-dealkylation sites (N-methyl/N-ethyl adjacent to an activating group) is 1. The van der Waals surface area contributed by atoms with Crippen LogP contribution in [0.15, 0.2) is 52.3 Å². The third-order valence-electron chi connectivity index (χ3n) is 4.25. The van der Waals surface area contributed by atoms with Crippen LogP contribution in [0, 0.1) is 13.8 Å². The molecule has 0 saturated heterocycles. The molecule has 2 aromatic carbocycles. The lowest BCUT2D eigenvalue weighted by molar-refractivity contribution is -0.132. The van der Waals surface area contributed by atoms with Crippen LogP contribution in [0.4, 0.5) is 5.69 Å². The number of hydrogen-bond acceptors (Lipinski definition) is 4. The molecular weight excluding hydrogens is 376 g/mol. The number of hydrogen-bond donors (Lipinski definition) is 1. The maximum atomic E-state index is 12.3. The number of para-hydroxylation sites is 1. The SMILES string of the molecule is CSc1ccccc1NC(=O)CN(C)C(=O)CCSc1ccc(C)c(C)c1. The van der Waals surface area contributed by atoms with Crippen molar-refractivity contribution < 1.29 is 9.59 Å². The fourth-order valence-electron chi connectivity index (χ4n) is 2.49. The van der Waals surface area contributed by atoms with E-state index in [4.69, 9.17) is 0 Å². The van der Waals surface area contributed by atoms with Gasteiger partial charge in [-0.3, -0.25) is 9.59 Å². The minimum atomic E-state index is -0.186. The van der Waals surface area contributed by atoms with Crippen LogP contribution < -0.4 is 5.32 Å². The van der Waals surface area contributed by atoms with Gasteiger partial charge in [-0.2, -0.15) is 0 Å². The number of carbonyl (C=O) groups is 2. The van der Waals surface area contributed by atoms with Gasteiger partial charge in [-0.15, -0.1) is 23.5 Å². The minimum Gasteiger partial charge on any atom is -0.336 e. The molecule has 0 aliphatic carbocycles. The number of aryl methyl sites for hydroxylation is 2. The van der Waals surface area contributed by atoms with Crippen molar-refractivity contribution in [1.29, 1.82) is 0 Å². The Morgan fingerprint density at radius 2 is 1.81 bits per heavy atom. The summed E-state index contributed by atoms with van der Waals surface area (Å²) < 4.78 is 0. The number of thioether (sulfide) groups is 2. The Labute approximate surface area is 170 Å². The molecule has 0 heterocycles. The second-order valence-electron chi connectivity index (χ2n) is 6.34. The second-order valence-corrected chi connectivity index (χ2v) is 8.36. The van der Waals surface area contributed by atoms with Crippen molar-refractivity contribution in [3.8, 4) is 0 Å². The van der Waals surface area contributed by atoms with Crippen molar-refractivity contribution in [3.63, 3.8) is 0 Å². The highest BCUT2D eigenvalue weighted by Gasteiger charge is 2.14. The van der Waals surface area contributed by atoms with Gasteiger partial charge in [-0.25, -0.2) is 0 Å². The van der Waals surface area contributed by atoms with Crippen LogP contribution in [-0.4, -0.2) is 42.3 Å². The zero-order chi connectivity index (χ0) is 19.8. The second kappa shape index (κ2) is 10.4. The number of carbonyl (C=O) groups excluding carboxylic acids is 2. The molecule has 4 nitrogen and oxygen atoms in total. The molecule has 144 valence electrons. The van der Waals surface area contributed by atoms with Crippen molar-refractivity contribution in [1.82, 2.24) is 4.90 Å². The summed E-state index contributed by atoms with van der Waals surface area (Å²) in [7, 11) is 1.67. The quantitative estimate of drug-likeness (QED) is 0.656. The van der Waals surface area contributed by atoms with E-state index in [2.05, 4.69) is 37.4 Å². The Hall–Kier alpha value is -1.92. The molecule has 0 bridgehead atoms. The number of amides is 2. The van der Waals surface area contributed by atoms with E-state index in [0.29, 0.717) is 12.2 Å². The summed E-state index contributed by atoms with van der Waals surface area (Å²) in [5, 5.41) is 2.88. The third kappa shape index (κ3) is 6.63. The van der Waals surface area contributed by atoms with Crippen molar-refractivity contribution >= 4 is 41.0 Å². The first kappa shape index (κ1) is 21.4. The first-order chi connectivity index (χ1) is 12.9. The van der Waals surface area contributed by atoms with Gasteiger partial charge in [0, 0.05) is 29.0 Å². The largest absolute Gasteiger partial charge is 0.336 e. The highest BCUT2D eigenvalue weighted by molar-refractivity contribution is 7.99. The molecule has 0 spiro atoms. The summed E-state index contributed by atoms with van der Waals surface area (Å²) in [5.74, 6) is 0.483. The van der Waals surface area contributed by atoms with Crippen LogP contribution in [0.3, 0.4) is 0 Å². The number of nitrogens with one attached hydrogen (secondary N) is 1. The minimum absolute atomic E-state index is 0.0281. The molecular formula is C21H26N2O2S2. The molecule has 27 heavy (non-hydrogen) atoms. The Morgan fingerprint density at radius 1 is 1.07 bits per heavy atom. The fraction of sp³-hybridized carbons (Fsp3) is 0.333. The van der Waals surface area contributed by atoms with E-state index in [-0.39, 0.29) is 18.4 Å². The molecule has 2 rings (SSSR count). The summed E-state index contributed by atoms with van der Waals surface area (Å²) in [6.45, 7) is 4.23.